The molecule has 0 rings (SSSR count). The van der Waals surface area contributed by atoms with Crippen LogP contribution in [0, 0.1) is 0 Å². The number of allylic oxidation sites excluding steroid dienone is 2. The van der Waals surface area contributed by atoms with Gasteiger partial charge in [0.1, 0.15) is 0 Å². The smallest absolute Gasteiger partial charge is 0.264 e. The van der Waals surface area contributed by atoms with Crippen molar-refractivity contribution in [2.45, 2.75) is 19.8 Å². The van der Waals surface area contributed by atoms with Crippen LogP contribution in [0.4, 0.5) is 0 Å². The van der Waals surface area contributed by atoms with E-state index >= 15 is 0 Å². The average Bonchev–Trinajstić information content (AvgIpc) is 1.85. The maximum Gasteiger partial charge on any atom is 0.264 e. The molecule has 0 unspecified atom stereocenters. The molecule has 0 spiro atoms. The molecule has 0 saturated heterocycles. The van der Waals surface area contributed by atoms with E-state index in [9.17, 15) is 8.42 Å². The molecular formula is C7H14O3S. The molecule has 0 aliphatic rings. The molecule has 0 aliphatic heterocycles. The third-order valence-electron chi connectivity index (χ3n) is 1.05. The fourth-order valence-electron chi connectivity index (χ4n) is 0.578. The summed E-state index contributed by atoms with van der Waals surface area (Å²) in [6.07, 6.45) is 6.58. The van der Waals surface area contributed by atoms with Crippen molar-refractivity contribution < 1.29 is 12.6 Å². The maximum atomic E-state index is 10.4. The Kier molecular flexibility index (Phi) is 5.15. The van der Waals surface area contributed by atoms with Gasteiger partial charge in [0, 0.05) is 0 Å². The molecule has 0 bridgehead atoms. The summed E-state index contributed by atoms with van der Waals surface area (Å²) in [6.45, 7) is 2.21. The summed E-state index contributed by atoms with van der Waals surface area (Å²) in [6, 6.07) is 0. The Bertz CT molecular complexity index is 204. The zero-order valence-electron chi connectivity index (χ0n) is 6.91. The molecule has 66 valence electrons. The molecule has 0 aromatic heterocycles. The Morgan fingerprint density at radius 2 is 2.09 bits per heavy atom. The summed E-state index contributed by atoms with van der Waals surface area (Å²) in [4.78, 5) is 0. The van der Waals surface area contributed by atoms with Gasteiger partial charge in [-0.25, -0.2) is 0 Å². The molecule has 0 saturated carbocycles. The Hall–Kier alpha value is -0.350. The van der Waals surface area contributed by atoms with E-state index in [2.05, 4.69) is 4.18 Å². The first kappa shape index (κ1) is 10.7. The van der Waals surface area contributed by atoms with Gasteiger partial charge in [-0.2, -0.15) is 8.42 Å². The van der Waals surface area contributed by atoms with Crippen molar-refractivity contribution in [2.75, 3.05) is 12.9 Å². The van der Waals surface area contributed by atoms with Gasteiger partial charge in [-0.05, 0) is 19.8 Å². The molecule has 11 heavy (non-hydrogen) atoms. The van der Waals surface area contributed by atoms with E-state index in [1.54, 1.807) is 0 Å². The molecular weight excluding hydrogens is 164 g/mol. The summed E-state index contributed by atoms with van der Waals surface area (Å²) in [5.41, 5.74) is 0. The van der Waals surface area contributed by atoms with Gasteiger partial charge < -0.3 is 0 Å². The largest absolute Gasteiger partial charge is 0.270 e. The summed E-state index contributed by atoms with van der Waals surface area (Å²) in [7, 11) is -3.24. The summed E-state index contributed by atoms with van der Waals surface area (Å²) < 4.78 is 25.4. The second-order valence-corrected chi connectivity index (χ2v) is 3.88. The van der Waals surface area contributed by atoms with Crippen molar-refractivity contribution >= 4 is 10.1 Å². The minimum absolute atomic E-state index is 0.281. The molecule has 0 aromatic rings. The minimum atomic E-state index is -3.24. The SMILES string of the molecule is CC=CCCCOS(C)(=O)=O. The third kappa shape index (κ3) is 9.65. The number of hydrogen-bond acceptors (Lipinski definition) is 3. The van der Waals surface area contributed by atoms with Crippen LogP contribution in [0.1, 0.15) is 19.8 Å². The van der Waals surface area contributed by atoms with Gasteiger partial charge in [-0.15, -0.1) is 0 Å². The van der Waals surface area contributed by atoms with Gasteiger partial charge >= 0.3 is 0 Å². The lowest BCUT2D eigenvalue weighted by atomic mass is 10.3. The zero-order valence-corrected chi connectivity index (χ0v) is 7.73. The van der Waals surface area contributed by atoms with E-state index in [4.69, 9.17) is 0 Å². The molecule has 0 radical (unpaired) electrons. The van der Waals surface area contributed by atoms with Crippen molar-refractivity contribution in [3.63, 3.8) is 0 Å². The van der Waals surface area contributed by atoms with Crippen LogP contribution >= 0.6 is 0 Å². The predicted molar refractivity (Wildman–Crippen MR) is 44.8 cm³/mol. The molecule has 0 N–H and O–H groups in total. The molecule has 0 amide bonds. The molecule has 0 fully saturated rings. The Balaban J connectivity index is 3.29. The Morgan fingerprint density at radius 1 is 1.45 bits per heavy atom. The molecule has 0 aliphatic carbocycles. The van der Waals surface area contributed by atoms with Crippen molar-refractivity contribution in [3.05, 3.63) is 12.2 Å². The predicted octanol–water partition coefficient (Wildman–Crippen LogP) is 1.32. The highest BCUT2D eigenvalue weighted by molar-refractivity contribution is 7.85. The highest BCUT2D eigenvalue weighted by Gasteiger charge is 1.98. The van der Waals surface area contributed by atoms with Crippen LogP contribution in [0.2, 0.25) is 0 Å². The molecule has 0 atom stereocenters. The van der Waals surface area contributed by atoms with Gasteiger partial charge in [-0.3, -0.25) is 4.18 Å². The first-order valence-corrected chi connectivity index (χ1v) is 5.33. The van der Waals surface area contributed by atoms with E-state index < -0.39 is 10.1 Å². The average molecular weight is 178 g/mol. The zero-order chi connectivity index (χ0) is 8.74. The van der Waals surface area contributed by atoms with Crippen LogP contribution in [0.5, 0.6) is 0 Å². The number of hydrogen-bond donors (Lipinski definition) is 0. The first-order valence-electron chi connectivity index (χ1n) is 3.52. The van der Waals surface area contributed by atoms with E-state index in [0.29, 0.717) is 0 Å². The standard InChI is InChI=1S/C7H14O3S/c1-3-4-5-6-7-10-11(2,8)9/h3-4H,5-7H2,1-2H3. The second-order valence-electron chi connectivity index (χ2n) is 2.24. The first-order chi connectivity index (χ1) is 5.06. The fraction of sp³-hybridized carbons (Fsp3) is 0.714. The number of rotatable bonds is 5. The lowest BCUT2D eigenvalue weighted by Gasteiger charge is -1.97. The lowest BCUT2D eigenvalue weighted by molar-refractivity contribution is 0.317. The van der Waals surface area contributed by atoms with Gasteiger partial charge in [0.25, 0.3) is 10.1 Å². The van der Waals surface area contributed by atoms with Crippen molar-refractivity contribution in [1.82, 2.24) is 0 Å². The van der Waals surface area contributed by atoms with Crippen molar-refractivity contribution in [2.24, 2.45) is 0 Å². The molecule has 3 nitrogen and oxygen atoms in total. The van der Waals surface area contributed by atoms with Crippen molar-refractivity contribution in [1.29, 1.82) is 0 Å². The van der Waals surface area contributed by atoms with Crippen LogP contribution in [0.15, 0.2) is 12.2 Å². The van der Waals surface area contributed by atoms with Crippen LogP contribution in [0.3, 0.4) is 0 Å². The second kappa shape index (κ2) is 5.32. The van der Waals surface area contributed by atoms with Gasteiger partial charge in [0.05, 0.1) is 12.9 Å². The Labute approximate surface area is 68.2 Å². The minimum Gasteiger partial charge on any atom is -0.270 e. The van der Waals surface area contributed by atoms with E-state index in [1.165, 1.54) is 0 Å². The monoisotopic (exact) mass is 178 g/mol. The van der Waals surface area contributed by atoms with Crippen LogP contribution in [0.25, 0.3) is 0 Å². The topological polar surface area (TPSA) is 43.4 Å². The van der Waals surface area contributed by atoms with Crippen LogP contribution in [-0.2, 0) is 14.3 Å². The highest BCUT2D eigenvalue weighted by Crippen LogP contribution is 1.94. The van der Waals surface area contributed by atoms with Gasteiger partial charge in [-0.1, -0.05) is 12.2 Å². The Morgan fingerprint density at radius 3 is 2.55 bits per heavy atom. The quantitative estimate of drug-likeness (QED) is 0.362. The molecule has 4 heteroatoms. The number of unbranched alkanes of at least 4 members (excludes halogenated alkanes) is 1. The molecule has 0 heterocycles. The van der Waals surface area contributed by atoms with Crippen LogP contribution < -0.4 is 0 Å². The maximum absolute atomic E-state index is 10.4. The van der Waals surface area contributed by atoms with Crippen molar-refractivity contribution in [3.8, 4) is 0 Å². The van der Waals surface area contributed by atoms with E-state index in [1.807, 2.05) is 19.1 Å². The normalized spacial score (nSPS) is 12.5. The summed E-state index contributed by atoms with van der Waals surface area (Å²) >= 11 is 0. The summed E-state index contributed by atoms with van der Waals surface area (Å²) in [5.74, 6) is 0. The van der Waals surface area contributed by atoms with Gasteiger partial charge in [0.15, 0.2) is 0 Å². The third-order valence-corrected chi connectivity index (χ3v) is 1.64. The highest BCUT2D eigenvalue weighted by atomic mass is 32.2. The van der Waals surface area contributed by atoms with E-state index in [0.717, 1.165) is 19.1 Å². The fourth-order valence-corrected chi connectivity index (χ4v) is 0.999. The van der Waals surface area contributed by atoms with Gasteiger partial charge in [0.2, 0.25) is 0 Å². The lowest BCUT2D eigenvalue weighted by Crippen LogP contribution is -2.03. The molecule has 0 aromatic carbocycles. The van der Waals surface area contributed by atoms with E-state index in [-0.39, 0.29) is 6.61 Å². The summed E-state index contributed by atoms with van der Waals surface area (Å²) in [5, 5.41) is 0. The van der Waals surface area contributed by atoms with Crippen LogP contribution in [-0.4, -0.2) is 21.3 Å².